The molecule has 3 heterocycles. The lowest BCUT2D eigenvalue weighted by Gasteiger charge is -2.21. The zero-order valence-corrected chi connectivity index (χ0v) is 17.3. The van der Waals surface area contributed by atoms with Crippen molar-refractivity contribution in [3.63, 3.8) is 0 Å². The molecule has 1 amide bonds. The predicted octanol–water partition coefficient (Wildman–Crippen LogP) is 2.72. The zero-order valence-electron chi connectivity index (χ0n) is 17.3. The topological polar surface area (TPSA) is 75.9 Å². The van der Waals surface area contributed by atoms with Crippen molar-refractivity contribution < 1.29 is 4.79 Å². The third-order valence-corrected chi connectivity index (χ3v) is 5.55. The number of rotatable bonds is 5. The van der Waals surface area contributed by atoms with Crippen LogP contribution in [0, 0.1) is 5.92 Å². The lowest BCUT2D eigenvalue weighted by Crippen LogP contribution is -2.32. The number of pyridine rings is 1. The van der Waals surface area contributed by atoms with Gasteiger partial charge in [0.25, 0.3) is 0 Å². The van der Waals surface area contributed by atoms with Gasteiger partial charge in [-0.1, -0.05) is 32.0 Å². The van der Waals surface area contributed by atoms with Crippen LogP contribution in [0.3, 0.4) is 0 Å². The summed E-state index contributed by atoms with van der Waals surface area (Å²) in [4.78, 5) is 19.0. The molecule has 0 saturated heterocycles. The second kappa shape index (κ2) is 8.29. The molecule has 152 valence electrons. The molecule has 1 N–H and O–H groups in total. The van der Waals surface area contributed by atoms with Gasteiger partial charge in [-0.2, -0.15) is 0 Å². The Morgan fingerprint density at radius 1 is 1.10 bits per heavy atom. The Morgan fingerprint density at radius 3 is 2.79 bits per heavy atom. The highest BCUT2D eigenvalue weighted by Crippen LogP contribution is 2.21. The number of hydrogen-bond donors (Lipinski definition) is 1. The maximum absolute atomic E-state index is 12.1. The van der Waals surface area contributed by atoms with Gasteiger partial charge in [0, 0.05) is 50.1 Å². The normalized spacial score (nSPS) is 15.9. The van der Waals surface area contributed by atoms with Gasteiger partial charge in [0.05, 0.1) is 11.6 Å². The molecule has 2 aromatic heterocycles. The molecule has 29 heavy (non-hydrogen) atoms. The fourth-order valence-electron chi connectivity index (χ4n) is 3.86. The molecule has 0 aliphatic carbocycles. The van der Waals surface area contributed by atoms with Gasteiger partial charge in [-0.15, -0.1) is 10.2 Å². The summed E-state index contributed by atoms with van der Waals surface area (Å²) in [7, 11) is 0. The zero-order chi connectivity index (χ0) is 20.4. The first-order valence-electron chi connectivity index (χ1n) is 10.3. The smallest absolute Gasteiger partial charge is 0.223 e. The molecule has 0 fully saturated rings. The molecule has 0 saturated carbocycles. The molecule has 0 radical (unpaired) electrons. The van der Waals surface area contributed by atoms with Crippen LogP contribution in [0.1, 0.15) is 44.0 Å². The summed E-state index contributed by atoms with van der Waals surface area (Å²) in [5, 5.41) is 13.0. The summed E-state index contributed by atoms with van der Waals surface area (Å²) < 4.78 is 2.18. The number of benzene rings is 1. The van der Waals surface area contributed by atoms with Crippen molar-refractivity contribution in [1.29, 1.82) is 0 Å². The summed E-state index contributed by atoms with van der Waals surface area (Å²) in [5.74, 6) is 1.82. The van der Waals surface area contributed by atoms with Crippen LogP contribution in [0.15, 0.2) is 36.5 Å². The van der Waals surface area contributed by atoms with Gasteiger partial charge < -0.3 is 9.88 Å². The molecule has 7 nitrogen and oxygen atoms in total. The Morgan fingerprint density at radius 2 is 1.97 bits per heavy atom. The molecule has 1 aliphatic heterocycles. The number of hydrogen-bond acceptors (Lipinski definition) is 5. The molecule has 1 aromatic carbocycles. The van der Waals surface area contributed by atoms with Crippen molar-refractivity contribution in [2.75, 3.05) is 13.1 Å². The molecule has 1 aliphatic rings. The maximum atomic E-state index is 12.1. The number of nitrogens with zero attached hydrogens (tertiary/aromatic N) is 5. The van der Waals surface area contributed by atoms with E-state index in [0.29, 0.717) is 0 Å². The van der Waals surface area contributed by atoms with Gasteiger partial charge in [0.15, 0.2) is 5.82 Å². The van der Waals surface area contributed by atoms with Gasteiger partial charge in [-0.25, -0.2) is 0 Å². The predicted molar refractivity (Wildman–Crippen MR) is 112 cm³/mol. The number of carbonyl (C=O) groups is 1. The van der Waals surface area contributed by atoms with E-state index in [9.17, 15) is 4.79 Å². The van der Waals surface area contributed by atoms with Crippen LogP contribution in [0.4, 0.5) is 0 Å². The first kappa shape index (κ1) is 19.5. The quantitative estimate of drug-likeness (QED) is 0.723. The molecule has 4 rings (SSSR count). The highest BCUT2D eigenvalue weighted by atomic mass is 16.1. The molecule has 1 unspecified atom stereocenters. The number of carbonyl (C=O) groups excluding carboxylic acids is 1. The van der Waals surface area contributed by atoms with Crippen molar-refractivity contribution in [3.05, 3.63) is 53.7 Å². The summed E-state index contributed by atoms with van der Waals surface area (Å²) >= 11 is 0. The van der Waals surface area contributed by atoms with Crippen LogP contribution in [-0.4, -0.2) is 43.6 Å². The fraction of sp³-hybridized carbons (Fsp3) is 0.455. The number of fused-ring (bicyclic) bond motifs is 2. The number of aromatic nitrogens is 4. The van der Waals surface area contributed by atoms with Gasteiger partial charge in [0.2, 0.25) is 5.91 Å². The van der Waals surface area contributed by atoms with Crippen molar-refractivity contribution >= 4 is 16.8 Å². The minimum absolute atomic E-state index is 0.0367. The lowest BCUT2D eigenvalue weighted by molar-refractivity contribution is -0.124. The summed E-state index contributed by atoms with van der Waals surface area (Å²) in [6, 6.07) is 10.3. The van der Waals surface area contributed by atoms with E-state index in [1.165, 1.54) is 10.9 Å². The summed E-state index contributed by atoms with van der Waals surface area (Å²) in [6.07, 6.45) is 2.69. The standard InChI is InChI=1S/C22H28N6O/c1-15(2)22(29)24-16(3)21-26-25-20-9-11-27(12-13-28(20)21)14-17-6-4-8-19-18(17)7-5-10-23-19/h4-8,10,15-16H,9,11-14H2,1-3H3,(H,24,29). The number of amides is 1. The number of nitrogens with one attached hydrogen (secondary N) is 1. The second-order valence-corrected chi connectivity index (χ2v) is 8.02. The van der Waals surface area contributed by atoms with E-state index in [4.69, 9.17) is 0 Å². The van der Waals surface area contributed by atoms with Crippen LogP contribution >= 0.6 is 0 Å². The lowest BCUT2D eigenvalue weighted by atomic mass is 10.1. The van der Waals surface area contributed by atoms with Crippen LogP contribution < -0.4 is 5.32 Å². The second-order valence-electron chi connectivity index (χ2n) is 8.02. The highest BCUT2D eigenvalue weighted by molar-refractivity contribution is 5.81. The molecule has 1 atom stereocenters. The van der Waals surface area contributed by atoms with E-state index in [2.05, 4.69) is 54.2 Å². The highest BCUT2D eigenvalue weighted by Gasteiger charge is 2.23. The van der Waals surface area contributed by atoms with Crippen molar-refractivity contribution in [3.8, 4) is 0 Å². The van der Waals surface area contributed by atoms with Crippen LogP contribution in [0.25, 0.3) is 10.9 Å². The molecule has 0 bridgehead atoms. The van der Waals surface area contributed by atoms with Crippen LogP contribution in [0.2, 0.25) is 0 Å². The molecule has 0 spiro atoms. The van der Waals surface area contributed by atoms with Gasteiger partial charge in [-0.3, -0.25) is 14.7 Å². The minimum atomic E-state index is -0.151. The molecular formula is C22H28N6O. The SMILES string of the molecule is CC(C)C(=O)NC(C)c1nnc2n1CCN(Cc1cccc3ncccc13)CC2. The first-order valence-corrected chi connectivity index (χ1v) is 10.3. The Hall–Kier alpha value is -2.80. The summed E-state index contributed by atoms with van der Waals surface area (Å²) in [6.45, 7) is 9.32. The fourth-order valence-corrected chi connectivity index (χ4v) is 3.86. The third kappa shape index (κ3) is 4.15. The van der Waals surface area contributed by atoms with E-state index in [-0.39, 0.29) is 17.9 Å². The Balaban J connectivity index is 1.47. The van der Waals surface area contributed by atoms with Crippen LogP contribution in [-0.2, 0) is 24.3 Å². The van der Waals surface area contributed by atoms with E-state index >= 15 is 0 Å². The van der Waals surface area contributed by atoms with Gasteiger partial charge >= 0.3 is 0 Å². The Labute approximate surface area is 171 Å². The first-order chi connectivity index (χ1) is 14.0. The minimum Gasteiger partial charge on any atom is -0.346 e. The van der Waals surface area contributed by atoms with Crippen LogP contribution in [0.5, 0.6) is 0 Å². The average molecular weight is 393 g/mol. The summed E-state index contributed by atoms with van der Waals surface area (Å²) in [5.41, 5.74) is 2.33. The van der Waals surface area contributed by atoms with E-state index in [1.807, 2.05) is 33.0 Å². The Bertz CT molecular complexity index is 1010. The average Bonchev–Trinajstić information content (AvgIpc) is 3.03. The van der Waals surface area contributed by atoms with Crippen molar-refractivity contribution in [1.82, 2.24) is 30.0 Å². The monoisotopic (exact) mass is 392 g/mol. The van der Waals surface area contributed by atoms with Gasteiger partial charge in [0.1, 0.15) is 5.82 Å². The van der Waals surface area contributed by atoms with E-state index in [0.717, 1.165) is 49.8 Å². The Kier molecular flexibility index (Phi) is 5.58. The molecule has 7 heteroatoms. The van der Waals surface area contributed by atoms with Gasteiger partial charge in [-0.05, 0) is 24.6 Å². The maximum Gasteiger partial charge on any atom is 0.223 e. The van der Waals surface area contributed by atoms with E-state index < -0.39 is 0 Å². The third-order valence-electron chi connectivity index (χ3n) is 5.55. The van der Waals surface area contributed by atoms with Crippen molar-refractivity contribution in [2.24, 2.45) is 5.92 Å². The largest absolute Gasteiger partial charge is 0.346 e. The molecule has 3 aromatic rings. The molecular weight excluding hydrogens is 364 g/mol. The van der Waals surface area contributed by atoms with Crippen molar-refractivity contribution in [2.45, 2.75) is 46.3 Å². The van der Waals surface area contributed by atoms with E-state index in [1.54, 1.807) is 0 Å².